The van der Waals surface area contributed by atoms with E-state index in [1.807, 2.05) is 0 Å². The number of carbonyl (C=O) groups excluding carboxylic acids is 1. The fourth-order valence-corrected chi connectivity index (χ4v) is 2.19. The number of ether oxygens (including phenoxy) is 1. The highest BCUT2D eigenvalue weighted by molar-refractivity contribution is 5.98. The molecular formula is C14H15F2NO4. The van der Waals surface area contributed by atoms with E-state index >= 15 is 0 Å². The van der Waals surface area contributed by atoms with Crippen molar-refractivity contribution >= 4 is 17.7 Å². The molecular weight excluding hydrogens is 284 g/mol. The molecule has 0 bridgehead atoms. The molecule has 1 aromatic rings. The number of benzene rings is 1. The fourth-order valence-electron chi connectivity index (χ4n) is 2.19. The van der Waals surface area contributed by atoms with Crippen LogP contribution in [0, 0.1) is 11.6 Å². The Balaban J connectivity index is 2.47. The van der Waals surface area contributed by atoms with Crippen molar-refractivity contribution in [2.24, 2.45) is 0 Å². The van der Waals surface area contributed by atoms with Crippen molar-refractivity contribution in [3.8, 4) is 0 Å². The van der Waals surface area contributed by atoms with Gasteiger partial charge in [0, 0.05) is 18.1 Å². The molecule has 2 rings (SSSR count). The summed E-state index contributed by atoms with van der Waals surface area (Å²) in [5.41, 5.74) is -0.960. The Hall–Kier alpha value is -2.18. The monoisotopic (exact) mass is 299 g/mol. The molecule has 1 amide bonds. The second kappa shape index (κ2) is 4.98. The van der Waals surface area contributed by atoms with E-state index in [0.717, 1.165) is 11.0 Å². The third kappa shape index (κ3) is 2.96. The van der Waals surface area contributed by atoms with Gasteiger partial charge in [-0.05, 0) is 26.8 Å². The van der Waals surface area contributed by atoms with E-state index in [0.29, 0.717) is 6.07 Å². The molecule has 0 unspecified atom stereocenters. The molecule has 114 valence electrons. The quantitative estimate of drug-likeness (QED) is 0.866. The van der Waals surface area contributed by atoms with Gasteiger partial charge in [-0.1, -0.05) is 0 Å². The molecule has 0 aromatic heterocycles. The number of hydrogen-bond acceptors (Lipinski definition) is 3. The van der Waals surface area contributed by atoms with Crippen LogP contribution < -0.4 is 4.90 Å². The summed E-state index contributed by atoms with van der Waals surface area (Å²) in [7, 11) is 0. The normalized spacial score (nSPS) is 17.6. The molecule has 1 aromatic carbocycles. The number of rotatable bonds is 1. The van der Waals surface area contributed by atoms with Crippen molar-refractivity contribution in [3.63, 3.8) is 0 Å². The summed E-state index contributed by atoms with van der Waals surface area (Å²) < 4.78 is 32.2. The molecule has 7 heteroatoms. The van der Waals surface area contributed by atoms with Gasteiger partial charge < -0.3 is 9.84 Å². The molecule has 0 radical (unpaired) electrons. The second-order valence-corrected chi connectivity index (χ2v) is 5.79. The maximum Gasteiger partial charge on any atom is 0.415 e. The predicted molar refractivity (Wildman–Crippen MR) is 70.2 cm³/mol. The smallest absolute Gasteiger partial charge is 0.415 e. The van der Waals surface area contributed by atoms with Gasteiger partial charge in [0.05, 0.1) is 5.69 Å². The Morgan fingerprint density at radius 2 is 1.95 bits per heavy atom. The molecule has 0 fully saturated rings. The summed E-state index contributed by atoms with van der Waals surface area (Å²) in [4.78, 5) is 24.2. The number of nitrogens with zero attached hydrogens (tertiary/aromatic N) is 1. The first-order chi connectivity index (χ1) is 9.60. The highest BCUT2D eigenvalue weighted by atomic mass is 19.1. The molecule has 1 aliphatic rings. The van der Waals surface area contributed by atoms with E-state index < -0.39 is 35.3 Å². The topological polar surface area (TPSA) is 66.8 Å². The van der Waals surface area contributed by atoms with Gasteiger partial charge in [-0.3, -0.25) is 4.90 Å². The van der Waals surface area contributed by atoms with Crippen LogP contribution in [-0.4, -0.2) is 28.8 Å². The summed E-state index contributed by atoms with van der Waals surface area (Å²) >= 11 is 0. The first kappa shape index (κ1) is 15.2. The Morgan fingerprint density at radius 1 is 1.33 bits per heavy atom. The van der Waals surface area contributed by atoms with E-state index in [-0.39, 0.29) is 17.7 Å². The summed E-state index contributed by atoms with van der Waals surface area (Å²) in [6.07, 6.45) is -1.17. The molecule has 1 N–H and O–H groups in total. The predicted octanol–water partition coefficient (Wildman–Crippen LogP) is 2.72. The molecule has 1 aliphatic heterocycles. The lowest BCUT2D eigenvalue weighted by Crippen LogP contribution is -2.45. The fraction of sp³-hybridized carbons (Fsp3) is 0.429. The number of aliphatic carboxylic acids is 1. The molecule has 0 saturated heterocycles. The minimum Gasteiger partial charge on any atom is -0.480 e. The Kier molecular flexibility index (Phi) is 3.61. The zero-order chi connectivity index (χ0) is 15.9. The zero-order valence-electron chi connectivity index (χ0n) is 11.8. The van der Waals surface area contributed by atoms with Gasteiger partial charge in [0.15, 0.2) is 0 Å². The number of fused-ring (bicyclic) bond motifs is 1. The van der Waals surface area contributed by atoms with Gasteiger partial charge in [-0.25, -0.2) is 18.4 Å². The van der Waals surface area contributed by atoms with Gasteiger partial charge in [0.1, 0.15) is 23.3 Å². The first-order valence-corrected chi connectivity index (χ1v) is 6.33. The summed E-state index contributed by atoms with van der Waals surface area (Å²) in [6.45, 7) is 4.84. The van der Waals surface area contributed by atoms with E-state index in [4.69, 9.17) is 4.74 Å². The van der Waals surface area contributed by atoms with Crippen molar-refractivity contribution in [2.45, 2.75) is 38.8 Å². The maximum absolute atomic E-state index is 13.8. The van der Waals surface area contributed by atoms with Crippen LogP contribution in [0.25, 0.3) is 0 Å². The second-order valence-electron chi connectivity index (χ2n) is 5.79. The van der Waals surface area contributed by atoms with Gasteiger partial charge in [0.25, 0.3) is 0 Å². The average molecular weight is 299 g/mol. The number of hydrogen-bond donors (Lipinski definition) is 1. The van der Waals surface area contributed by atoms with Gasteiger partial charge in [-0.2, -0.15) is 0 Å². The molecule has 0 aliphatic carbocycles. The van der Waals surface area contributed by atoms with Crippen LogP contribution in [0.2, 0.25) is 0 Å². The maximum atomic E-state index is 13.8. The van der Waals surface area contributed by atoms with E-state index in [1.165, 1.54) is 0 Å². The van der Waals surface area contributed by atoms with Crippen LogP contribution in [0.3, 0.4) is 0 Å². The summed E-state index contributed by atoms with van der Waals surface area (Å²) in [5.74, 6) is -3.06. The Bertz CT molecular complexity index is 610. The number of carboxylic acid groups (broad SMARTS) is 1. The van der Waals surface area contributed by atoms with Crippen molar-refractivity contribution in [2.75, 3.05) is 4.90 Å². The van der Waals surface area contributed by atoms with Crippen LogP contribution >= 0.6 is 0 Å². The minimum atomic E-state index is -1.31. The van der Waals surface area contributed by atoms with Crippen molar-refractivity contribution in [1.29, 1.82) is 0 Å². The van der Waals surface area contributed by atoms with Gasteiger partial charge in [0.2, 0.25) is 0 Å². The van der Waals surface area contributed by atoms with Crippen molar-refractivity contribution in [1.82, 2.24) is 0 Å². The molecule has 0 saturated carbocycles. The summed E-state index contributed by atoms with van der Waals surface area (Å²) in [6, 6.07) is 0.285. The number of anilines is 1. The van der Waals surface area contributed by atoms with Gasteiger partial charge in [-0.15, -0.1) is 0 Å². The molecule has 1 heterocycles. The van der Waals surface area contributed by atoms with Crippen LogP contribution in [0.1, 0.15) is 26.3 Å². The van der Waals surface area contributed by atoms with E-state index in [1.54, 1.807) is 20.8 Å². The molecule has 21 heavy (non-hydrogen) atoms. The molecule has 5 nitrogen and oxygen atoms in total. The first-order valence-electron chi connectivity index (χ1n) is 6.33. The minimum absolute atomic E-state index is 0.00495. The lowest BCUT2D eigenvalue weighted by atomic mass is 10.1. The van der Waals surface area contributed by atoms with Crippen molar-refractivity contribution < 1.29 is 28.2 Å². The largest absolute Gasteiger partial charge is 0.480 e. The van der Waals surface area contributed by atoms with Crippen LogP contribution in [0.4, 0.5) is 19.3 Å². The van der Waals surface area contributed by atoms with Gasteiger partial charge >= 0.3 is 12.1 Å². The van der Waals surface area contributed by atoms with E-state index in [2.05, 4.69) is 0 Å². The SMILES string of the molecule is CC(C)(C)OC(=O)N1c2cc(F)cc(F)c2C[C@H]1C(=O)O. The lowest BCUT2D eigenvalue weighted by molar-refractivity contribution is -0.138. The highest BCUT2D eigenvalue weighted by Gasteiger charge is 2.42. The third-order valence-electron chi connectivity index (χ3n) is 2.98. The highest BCUT2D eigenvalue weighted by Crippen LogP contribution is 2.36. The molecule has 0 spiro atoms. The third-order valence-corrected chi connectivity index (χ3v) is 2.98. The number of amides is 1. The van der Waals surface area contributed by atoms with Crippen LogP contribution in [0.5, 0.6) is 0 Å². The Morgan fingerprint density at radius 3 is 2.48 bits per heavy atom. The van der Waals surface area contributed by atoms with Crippen LogP contribution in [0.15, 0.2) is 12.1 Å². The van der Waals surface area contributed by atoms with Crippen LogP contribution in [-0.2, 0) is 16.0 Å². The Labute approximate surface area is 120 Å². The standard InChI is InChI=1S/C14H15F2NO4/c1-14(2,3)21-13(20)17-10-5-7(15)4-9(16)8(10)6-11(17)12(18)19/h4-5,11H,6H2,1-3H3,(H,18,19)/t11-/m0/s1. The molecule has 1 atom stereocenters. The number of carboxylic acids is 1. The summed E-state index contributed by atoms with van der Waals surface area (Å²) in [5, 5.41) is 9.20. The number of carbonyl (C=O) groups is 2. The number of halogens is 2. The van der Waals surface area contributed by atoms with Crippen molar-refractivity contribution in [3.05, 3.63) is 29.3 Å². The van der Waals surface area contributed by atoms with E-state index in [9.17, 15) is 23.5 Å². The lowest BCUT2D eigenvalue weighted by Gasteiger charge is -2.27. The zero-order valence-corrected chi connectivity index (χ0v) is 11.8. The average Bonchev–Trinajstić information content (AvgIpc) is 2.66.